The first kappa shape index (κ1) is 18.4. The summed E-state index contributed by atoms with van der Waals surface area (Å²) in [6, 6.07) is 16.8. The van der Waals surface area contributed by atoms with Crippen molar-refractivity contribution < 1.29 is 19.1 Å². The van der Waals surface area contributed by atoms with E-state index in [1.807, 2.05) is 30.3 Å². The van der Waals surface area contributed by atoms with Crippen LogP contribution < -0.4 is 5.32 Å². The molecular formula is C20H21NO4. The molecule has 0 unspecified atom stereocenters. The highest BCUT2D eigenvalue weighted by molar-refractivity contribution is 5.92. The topological polar surface area (TPSA) is 64.6 Å². The van der Waals surface area contributed by atoms with Crippen LogP contribution in [-0.2, 0) is 25.7 Å². The highest BCUT2D eigenvalue weighted by atomic mass is 16.5. The van der Waals surface area contributed by atoms with E-state index in [1.54, 1.807) is 37.3 Å². The van der Waals surface area contributed by atoms with E-state index in [0.29, 0.717) is 18.9 Å². The Bertz CT molecular complexity index is 708. The van der Waals surface area contributed by atoms with Crippen LogP contribution >= 0.6 is 0 Å². The van der Waals surface area contributed by atoms with Crippen LogP contribution in [0.4, 0.5) is 5.69 Å². The molecule has 2 aromatic rings. The molecule has 0 heterocycles. The summed E-state index contributed by atoms with van der Waals surface area (Å²) in [6.45, 7) is 2.48. The van der Waals surface area contributed by atoms with Gasteiger partial charge in [0.05, 0.1) is 13.2 Å². The molecule has 0 spiro atoms. The zero-order chi connectivity index (χ0) is 17.9. The number of amides is 1. The molecule has 130 valence electrons. The standard InChI is InChI=1S/C20H21NO4/c1-2-25-20(23)13-10-16-8-11-18(12-9-16)21-19(22)15-24-14-17-6-4-3-5-7-17/h3-13H,2,14-15H2,1H3,(H,21,22)/b13-10+. The molecule has 1 N–H and O–H groups in total. The summed E-state index contributed by atoms with van der Waals surface area (Å²) in [4.78, 5) is 23.1. The average Bonchev–Trinajstić information content (AvgIpc) is 2.62. The van der Waals surface area contributed by atoms with Gasteiger partial charge in [0.1, 0.15) is 6.61 Å². The Morgan fingerprint density at radius 1 is 1.04 bits per heavy atom. The van der Waals surface area contributed by atoms with Crippen molar-refractivity contribution in [3.8, 4) is 0 Å². The van der Waals surface area contributed by atoms with E-state index in [2.05, 4.69) is 5.32 Å². The van der Waals surface area contributed by atoms with E-state index in [4.69, 9.17) is 9.47 Å². The van der Waals surface area contributed by atoms with Crippen molar-refractivity contribution in [2.75, 3.05) is 18.5 Å². The maximum atomic E-state index is 11.9. The Balaban J connectivity index is 1.76. The summed E-state index contributed by atoms with van der Waals surface area (Å²) in [5, 5.41) is 2.76. The van der Waals surface area contributed by atoms with Gasteiger partial charge in [0, 0.05) is 11.8 Å². The summed E-state index contributed by atoms with van der Waals surface area (Å²) in [6.07, 6.45) is 3.03. The Labute approximate surface area is 147 Å². The monoisotopic (exact) mass is 339 g/mol. The van der Waals surface area contributed by atoms with Gasteiger partial charge in [-0.05, 0) is 36.3 Å². The number of hydrogen-bond donors (Lipinski definition) is 1. The lowest BCUT2D eigenvalue weighted by atomic mass is 10.2. The number of anilines is 1. The third-order valence-electron chi connectivity index (χ3n) is 3.24. The van der Waals surface area contributed by atoms with Gasteiger partial charge in [0.15, 0.2) is 0 Å². The van der Waals surface area contributed by atoms with E-state index in [9.17, 15) is 9.59 Å². The van der Waals surface area contributed by atoms with Crippen LogP contribution in [0.3, 0.4) is 0 Å². The Hall–Kier alpha value is -2.92. The lowest BCUT2D eigenvalue weighted by molar-refractivity contribution is -0.137. The van der Waals surface area contributed by atoms with Crippen molar-refractivity contribution in [2.45, 2.75) is 13.5 Å². The molecule has 0 radical (unpaired) electrons. The van der Waals surface area contributed by atoms with E-state index in [-0.39, 0.29) is 18.5 Å². The smallest absolute Gasteiger partial charge is 0.330 e. The minimum absolute atomic E-state index is 0.0145. The number of carbonyl (C=O) groups is 2. The first-order chi connectivity index (χ1) is 12.2. The van der Waals surface area contributed by atoms with Gasteiger partial charge in [0.2, 0.25) is 5.91 Å². The summed E-state index contributed by atoms with van der Waals surface area (Å²) < 4.78 is 10.2. The molecule has 2 aromatic carbocycles. The van der Waals surface area contributed by atoms with Gasteiger partial charge in [-0.1, -0.05) is 42.5 Å². The zero-order valence-electron chi connectivity index (χ0n) is 14.1. The van der Waals surface area contributed by atoms with Crippen molar-refractivity contribution in [2.24, 2.45) is 0 Å². The van der Waals surface area contributed by atoms with E-state index in [1.165, 1.54) is 6.08 Å². The molecule has 0 aliphatic heterocycles. The van der Waals surface area contributed by atoms with Crippen molar-refractivity contribution in [3.63, 3.8) is 0 Å². The lowest BCUT2D eigenvalue weighted by Crippen LogP contribution is -2.18. The molecule has 2 rings (SSSR count). The number of carbonyl (C=O) groups excluding carboxylic acids is 2. The number of esters is 1. The fraction of sp³-hybridized carbons (Fsp3) is 0.200. The van der Waals surface area contributed by atoms with Crippen molar-refractivity contribution >= 4 is 23.6 Å². The highest BCUT2D eigenvalue weighted by Crippen LogP contribution is 2.11. The van der Waals surface area contributed by atoms with Crippen molar-refractivity contribution in [1.82, 2.24) is 0 Å². The molecule has 0 saturated carbocycles. The predicted molar refractivity (Wildman–Crippen MR) is 96.8 cm³/mol. The lowest BCUT2D eigenvalue weighted by Gasteiger charge is -2.07. The van der Waals surface area contributed by atoms with Crippen LogP contribution in [-0.4, -0.2) is 25.1 Å². The number of rotatable bonds is 8. The molecule has 0 saturated heterocycles. The molecule has 0 aliphatic carbocycles. The van der Waals surface area contributed by atoms with E-state index >= 15 is 0 Å². The second-order valence-electron chi connectivity index (χ2n) is 5.23. The quantitative estimate of drug-likeness (QED) is 0.591. The first-order valence-electron chi connectivity index (χ1n) is 8.04. The van der Waals surface area contributed by atoms with Gasteiger partial charge in [-0.3, -0.25) is 4.79 Å². The number of nitrogens with one attached hydrogen (secondary N) is 1. The summed E-state index contributed by atoms with van der Waals surface area (Å²) >= 11 is 0. The molecule has 5 nitrogen and oxygen atoms in total. The maximum absolute atomic E-state index is 11.9. The second kappa shape index (κ2) is 10.1. The third-order valence-corrected chi connectivity index (χ3v) is 3.24. The minimum atomic E-state index is -0.379. The van der Waals surface area contributed by atoms with Crippen LogP contribution in [0.25, 0.3) is 6.08 Å². The van der Waals surface area contributed by atoms with Crippen LogP contribution in [0.1, 0.15) is 18.1 Å². The minimum Gasteiger partial charge on any atom is -0.463 e. The molecule has 0 fully saturated rings. The van der Waals surface area contributed by atoms with Gasteiger partial charge in [0.25, 0.3) is 0 Å². The Morgan fingerprint density at radius 3 is 2.44 bits per heavy atom. The van der Waals surface area contributed by atoms with E-state index in [0.717, 1.165) is 11.1 Å². The highest BCUT2D eigenvalue weighted by Gasteiger charge is 2.03. The Kier molecular flexibility index (Phi) is 7.41. The maximum Gasteiger partial charge on any atom is 0.330 e. The second-order valence-corrected chi connectivity index (χ2v) is 5.23. The number of hydrogen-bond acceptors (Lipinski definition) is 4. The molecule has 0 bridgehead atoms. The van der Waals surface area contributed by atoms with Crippen LogP contribution in [0, 0.1) is 0 Å². The van der Waals surface area contributed by atoms with Gasteiger partial charge in [-0.15, -0.1) is 0 Å². The number of ether oxygens (including phenoxy) is 2. The van der Waals surface area contributed by atoms with Gasteiger partial charge < -0.3 is 14.8 Å². The van der Waals surface area contributed by atoms with Gasteiger partial charge in [-0.2, -0.15) is 0 Å². The fourth-order valence-electron chi connectivity index (χ4n) is 2.07. The first-order valence-corrected chi connectivity index (χ1v) is 8.04. The van der Waals surface area contributed by atoms with Crippen LogP contribution in [0.5, 0.6) is 0 Å². The van der Waals surface area contributed by atoms with E-state index < -0.39 is 0 Å². The van der Waals surface area contributed by atoms with Gasteiger partial charge >= 0.3 is 5.97 Å². The summed E-state index contributed by atoms with van der Waals surface area (Å²) in [5.74, 6) is -0.596. The Morgan fingerprint density at radius 2 is 1.76 bits per heavy atom. The average molecular weight is 339 g/mol. The normalized spacial score (nSPS) is 10.6. The molecule has 0 aromatic heterocycles. The van der Waals surface area contributed by atoms with Crippen molar-refractivity contribution in [3.05, 3.63) is 71.8 Å². The molecule has 0 atom stereocenters. The van der Waals surface area contributed by atoms with Gasteiger partial charge in [-0.25, -0.2) is 4.79 Å². The zero-order valence-corrected chi connectivity index (χ0v) is 14.1. The van der Waals surface area contributed by atoms with Crippen LogP contribution in [0.15, 0.2) is 60.7 Å². The van der Waals surface area contributed by atoms with Crippen LogP contribution in [0.2, 0.25) is 0 Å². The molecule has 0 aliphatic rings. The molecular weight excluding hydrogens is 318 g/mol. The third kappa shape index (κ3) is 7.01. The fourth-order valence-corrected chi connectivity index (χ4v) is 2.07. The largest absolute Gasteiger partial charge is 0.463 e. The SMILES string of the molecule is CCOC(=O)/C=C/c1ccc(NC(=O)COCc2ccccc2)cc1. The molecule has 5 heteroatoms. The molecule has 1 amide bonds. The van der Waals surface area contributed by atoms with Crippen molar-refractivity contribution in [1.29, 1.82) is 0 Å². The predicted octanol–water partition coefficient (Wildman–Crippen LogP) is 3.42. The summed E-state index contributed by atoms with van der Waals surface area (Å²) in [5.41, 5.74) is 2.53. The number of benzene rings is 2. The summed E-state index contributed by atoms with van der Waals surface area (Å²) in [7, 11) is 0. The molecule has 25 heavy (non-hydrogen) atoms.